The molecule has 0 saturated heterocycles. The largest absolute Gasteiger partial charge is 0.488 e. The zero-order valence-electron chi connectivity index (χ0n) is 7.97. The van der Waals surface area contributed by atoms with Gasteiger partial charge in [0.2, 0.25) is 0 Å². The molecule has 0 unspecified atom stereocenters. The molecule has 0 aromatic heterocycles. The second-order valence-corrected chi connectivity index (χ2v) is 2.92. The van der Waals surface area contributed by atoms with Crippen molar-refractivity contribution in [2.24, 2.45) is 0 Å². The highest BCUT2D eigenvalue weighted by atomic mass is 19.3. The first-order valence-corrected chi connectivity index (χ1v) is 4.27. The first-order valence-electron chi connectivity index (χ1n) is 4.27. The number of aryl methyl sites for hydroxylation is 1. The van der Waals surface area contributed by atoms with Crippen molar-refractivity contribution >= 4 is 6.08 Å². The monoisotopic (exact) mass is 198 g/mol. The molecule has 0 aliphatic carbocycles. The second-order valence-electron chi connectivity index (χ2n) is 2.92. The topological polar surface area (TPSA) is 9.23 Å². The van der Waals surface area contributed by atoms with Gasteiger partial charge in [-0.2, -0.15) is 0 Å². The SMILES string of the molecule is C=Cc1ccc(OCC(F)F)cc1C. The van der Waals surface area contributed by atoms with E-state index in [9.17, 15) is 8.78 Å². The van der Waals surface area contributed by atoms with Gasteiger partial charge in [-0.1, -0.05) is 18.7 Å². The van der Waals surface area contributed by atoms with E-state index in [1.807, 2.05) is 6.92 Å². The summed E-state index contributed by atoms with van der Waals surface area (Å²) >= 11 is 0. The van der Waals surface area contributed by atoms with Crippen LogP contribution in [0.25, 0.3) is 6.08 Å². The summed E-state index contributed by atoms with van der Waals surface area (Å²) in [5.41, 5.74) is 1.95. The molecule has 1 rings (SSSR count). The molecular formula is C11H12F2O. The lowest BCUT2D eigenvalue weighted by atomic mass is 10.1. The van der Waals surface area contributed by atoms with Gasteiger partial charge in [0.05, 0.1) is 0 Å². The molecule has 1 aromatic rings. The molecule has 0 spiro atoms. The molecule has 0 saturated carbocycles. The van der Waals surface area contributed by atoms with Gasteiger partial charge in [-0.3, -0.25) is 0 Å². The van der Waals surface area contributed by atoms with Gasteiger partial charge >= 0.3 is 0 Å². The minimum atomic E-state index is -2.44. The predicted octanol–water partition coefficient (Wildman–Crippen LogP) is 3.28. The van der Waals surface area contributed by atoms with Crippen LogP contribution in [0.2, 0.25) is 0 Å². The number of rotatable bonds is 4. The van der Waals surface area contributed by atoms with E-state index in [4.69, 9.17) is 4.74 Å². The van der Waals surface area contributed by atoms with E-state index in [0.29, 0.717) is 5.75 Å². The number of ether oxygens (including phenoxy) is 1. The van der Waals surface area contributed by atoms with E-state index in [1.165, 1.54) is 0 Å². The second kappa shape index (κ2) is 4.74. The zero-order valence-corrected chi connectivity index (χ0v) is 7.97. The van der Waals surface area contributed by atoms with Crippen LogP contribution in [0.5, 0.6) is 5.75 Å². The Morgan fingerprint density at radius 1 is 1.50 bits per heavy atom. The molecule has 1 nitrogen and oxygen atoms in total. The van der Waals surface area contributed by atoms with Crippen molar-refractivity contribution in [1.82, 2.24) is 0 Å². The van der Waals surface area contributed by atoms with Crippen molar-refractivity contribution in [2.45, 2.75) is 13.3 Å². The van der Waals surface area contributed by atoms with Crippen molar-refractivity contribution in [3.63, 3.8) is 0 Å². The third kappa shape index (κ3) is 2.83. The maximum absolute atomic E-state index is 11.8. The summed E-state index contributed by atoms with van der Waals surface area (Å²) < 4.78 is 28.5. The standard InChI is InChI=1S/C11H12F2O/c1-3-9-4-5-10(6-8(9)2)14-7-11(12)13/h3-6,11H,1,7H2,2H3. The Morgan fingerprint density at radius 3 is 2.71 bits per heavy atom. The van der Waals surface area contributed by atoms with E-state index in [-0.39, 0.29) is 0 Å². The summed E-state index contributed by atoms with van der Waals surface area (Å²) in [6.45, 7) is 4.95. The van der Waals surface area contributed by atoms with E-state index in [1.54, 1.807) is 24.3 Å². The third-order valence-corrected chi connectivity index (χ3v) is 1.84. The molecule has 0 fully saturated rings. The highest BCUT2D eigenvalue weighted by Gasteiger charge is 2.04. The van der Waals surface area contributed by atoms with Gasteiger partial charge in [0, 0.05) is 0 Å². The maximum Gasteiger partial charge on any atom is 0.272 e. The number of hydrogen-bond donors (Lipinski definition) is 0. The Balaban J connectivity index is 2.71. The molecule has 14 heavy (non-hydrogen) atoms. The summed E-state index contributed by atoms with van der Waals surface area (Å²) in [5.74, 6) is 0.466. The number of alkyl halides is 2. The molecular weight excluding hydrogens is 186 g/mol. The van der Waals surface area contributed by atoms with E-state index in [2.05, 4.69) is 6.58 Å². The van der Waals surface area contributed by atoms with Crippen LogP contribution in [-0.2, 0) is 0 Å². The molecule has 0 heterocycles. The van der Waals surface area contributed by atoms with Gasteiger partial charge in [-0.25, -0.2) is 8.78 Å². The van der Waals surface area contributed by atoms with Crippen molar-refractivity contribution in [1.29, 1.82) is 0 Å². The number of hydrogen-bond acceptors (Lipinski definition) is 1. The third-order valence-electron chi connectivity index (χ3n) is 1.84. The van der Waals surface area contributed by atoms with E-state index in [0.717, 1.165) is 11.1 Å². The van der Waals surface area contributed by atoms with Gasteiger partial charge < -0.3 is 4.74 Å². The summed E-state index contributed by atoms with van der Waals surface area (Å²) in [5, 5.41) is 0. The Bertz CT molecular complexity index is 321. The van der Waals surface area contributed by atoms with Crippen LogP contribution in [0, 0.1) is 6.92 Å². The molecule has 0 N–H and O–H groups in total. The van der Waals surface area contributed by atoms with Crippen LogP contribution in [0.15, 0.2) is 24.8 Å². The van der Waals surface area contributed by atoms with Crippen LogP contribution in [-0.4, -0.2) is 13.0 Å². The molecule has 76 valence electrons. The molecule has 0 radical (unpaired) electrons. The molecule has 0 aliphatic heterocycles. The van der Waals surface area contributed by atoms with Gasteiger partial charge in [0.1, 0.15) is 12.4 Å². The molecule has 0 aliphatic rings. The maximum atomic E-state index is 11.8. The van der Waals surface area contributed by atoms with Crippen molar-refractivity contribution in [2.75, 3.05) is 6.61 Å². The highest BCUT2D eigenvalue weighted by molar-refractivity contribution is 5.53. The van der Waals surface area contributed by atoms with Gasteiger partial charge in [-0.15, -0.1) is 0 Å². The molecule has 0 atom stereocenters. The quantitative estimate of drug-likeness (QED) is 0.721. The number of halogens is 2. The average molecular weight is 198 g/mol. The molecule has 3 heteroatoms. The predicted molar refractivity (Wildman–Crippen MR) is 52.8 cm³/mol. The first kappa shape index (κ1) is 10.7. The first-order chi connectivity index (χ1) is 6.63. The van der Waals surface area contributed by atoms with Crippen LogP contribution < -0.4 is 4.74 Å². The average Bonchev–Trinajstić information content (AvgIpc) is 2.15. The fourth-order valence-corrected chi connectivity index (χ4v) is 1.13. The normalized spacial score (nSPS) is 10.3. The molecule has 0 amide bonds. The molecule has 0 bridgehead atoms. The summed E-state index contributed by atoms with van der Waals surface area (Å²) in [4.78, 5) is 0. The smallest absolute Gasteiger partial charge is 0.272 e. The van der Waals surface area contributed by atoms with Crippen LogP contribution in [0.4, 0.5) is 8.78 Å². The lowest BCUT2D eigenvalue weighted by molar-refractivity contribution is 0.0819. The van der Waals surface area contributed by atoms with Crippen molar-refractivity contribution < 1.29 is 13.5 Å². The van der Waals surface area contributed by atoms with Crippen molar-refractivity contribution in [3.8, 4) is 5.75 Å². The van der Waals surface area contributed by atoms with Crippen LogP contribution >= 0.6 is 0 Å². The highest BCUT2D eigenvalue weighted by Crippen LogP contribution is 2.18. The minimum Gasteiger partial charge on any atom is -0.488 e. The van der Waals surface area contributed by atoms with Gasteiger partial charge in [-0.05, 0) is 30.2 Å². The fourth-order valence-electron chi connectivity index (χ4n) is 1.13. The van der Waals surface area contributed by atoms with E-state index >= 15 is 0 Å². The minimum absolute atomic E-state index is 0.466. The van der Waals surface area contributed by atoms with E-state index < -0.39 is 13.0 Å². The zero-order chi connectivity index (χ0) is 10.6. The summed E-state index contributed by atoms with van der Waals surface area (Å²) in [6.07, 6.45) is -0.721. The number of benzene rings is 1. The van der Waals surface area contributed by atoms with Crippen LogP contribution in [0.3, 0.4) is 0 Å². The van der Waals surface area contributed by atoms with Crippen LogP contribution in [0.1, 0.15) is 11.1 Å². The Kier molecular flexibility index (Phi) is 3.63. The Labute approximate surface area is 82.0 Å². The van der Waals surface area contributed by atoms with Gasteiger partial charge in [0.15, 0.2) is 0 Å². The lowest BCUT2D eigenvalue weighted by Gasteiger charge is -2.07. The lowest BCUT2D eigenvalue weighted by Crippen LogP contribution is -2.06. The molecule has 1 aromatic carbocycles. The van der Waals surface area contributed by atoms with Crippen molar-refractivity contribution in [3.05, 3.63) is 35.9 Å². The Morgan fingerprint density at radius 2 is 2.21 bits per heavy atom. The fraction of sp³-hybridized carbons (Fsp3) is 0.273. The van der Waals surface area contributed by atoms with Gasteiger partial charge in [0.25, 0.3) is 6.43 Å². The Hall–Kier alpha value is -1.38. The summed E-state index contributed by atoms with van der Waals surface area (Å²) in [7, 11) is 0. The summed E-state index contributed by atoms with van der Waals surface area (Å²) in [6, 6.07) is 5.18.